The van der Waals surface area contributed by atoms with Gasteiger partial charge >= 0.3 is 5.97 Å². The van der Waals surface area contributed by atoms with Gasteiger partial charge in [-0.3, -0.25) is 9.59 Å². The smallest absolute Gasteiger partial charge is 0.305 e. The second kappa shape index (κ2) is 9.52. The SMILES string of the molecule is CCCCS(=O)(=O)N1CCC(C(=O)NC(CC)(CC)CC(=O)O)CC1. The van der Waals surface area contributed by atoms with Crippen LogP contribution < -0.4 is 5.32 Å². The number of hydrogen-bond donors (Lipinski definition) is 2. The van der Waals surface area contributed by atoms with E-state index in [0.717, 1.165) is 6.42 Å². The molecule has 25 heavy (non-hydrogen) atoms. The maximum atomic E-state index is 12.6. The molecule has 8 heteroatoms. The van der Waals surface area contributed by atoms with Crippen LogP contribution in [0.25, 0.3) is 0 Å². The molecule has 1 saturated heterocycles. The summed E-state index contributed by atoms with van der Waals surface area (Å²) in [6.07, 6.45) is 3.43. The molecule has 0 bridgehead atoms. The average molecular weight is 377 g/mol. The standard InChI is InChI=1S/C17H32N2O5S/c1-4-7-12-25(23,24)19-10-8-14(9-11-19)16(22)18-17(5-2,6-3)13-15(20)21/h14H,4-13H2,1-3H3,(H,18,22)(H,20,21). The highest BCUT2D eigenvalue weighted by Crippen LogP contribution is 2.25. The fourth-order valence-electron chi connectivity index (χ4n) is 3.23. The second-order valence-corrected chi connectivity index (χ2v) is 8.98. The van der Waals surface area contributed by atoms with Gasteiger partial charge in [-0.15, -0.1) is 0 Å². The van der Waals surface area contributed by atoms with Gasteiger partial charge in [-0.2, -0.15) is 0 Å². The number of amides is 1. The van der Waals surface area contributed by atoms with Gasteiger partial charge in [0.1, 0.15) is 0 Å². The number of carbonyl (C=O) groups excluding carboxylic acids is 1. The summed E-state index contributed by atoms with van der Waals surface area (Å²) in [4.78, 5) is 23.7. The van der Waals surface area contributed by atoms with Crippen LogP contribution in [-0.2, 0) is 19.6 Å². The number of nitrogens with zero attached hydrogens (tertiary/aromatic N) is 1. The molecule has 0 atom stereocenters. The third-order valence-electron chi connectivity index (χ3n) is 5.21. The number of sulfonamides is 1. The molecule has 0 aromatic carbocycles. The highest BCUT2D eigenvalue weighted by molar-refractivity contribution is 7.89. The largest absolute Gasteiger partial charge is 0.481 e. The minimum absolute atomic E-state index is 0.101. The number of unbranched alkanes of at least 4 members (excludes halogenated alkanes) is 1. The molecule has 1 heterocycles. The molecule has 2 N–H and O–H groups in total. The van der Waals surface area contributed by atoms with E-state index < -0.39 is 21.5 Å². The van der Waals surface area contributed by atoms with E-state index in [1.54, 1.807) is 0 Å². The van der Waals surface area contributed by atoms with Crippen molar-refractivity contribution >= 4 is 21.9 Å². The lowest BCUT2D eigenvalue weighted by Crippen LogP contribution is -2.52. The number of carboxylic acids is 1. The molecule has 0 saturated carbocycles. The first kappa shape index (κ1) is 21.9. The first-order valence-electron chi connectivity index (χ1n) is 9.21. The number of piperidine rings is 1. The van der Waals surface area contributed by atoms with Gasteiger partial charge in [0.2, 0.25) is 15.9 Å². The van der Waals surface area contributed by atoms with E-state index in [1.165, 1.54) is 4.31 Å². The molecule has 0 radical (unpaired) electrons. The van der Waals surface area contributed by atoms with E-state index in [1.807, 2.05) is 20.8 Å². The fraction of sp³-hybridized carbons (Fsp3) is 0.882. The number of carboxylic acid groups (broad SMARTS) is 1. The topological polar surface area (TPSA) is 104 Å². The first-order valence-corrected chi connectivity index (χ1v) is 10.8. The highest BCUT2D eigenvalue weighted by Gasteiger charge is 2.36. The normalized spacial score (nSPS) is 17.4. The zero-order chi connectivity index (χ0) is 19.1. The van der Waals surface area contributed by atoms with Gasteiger partial charge in [0, 0.05) is 24.5 Å². The van der Waals surface area contributed by atoms with Crippen LogP contribution >= 0.6 is 0 Å². The van der Waals surface area contributed by atoms with Gasteiger partial charge in [0.05, 0.1) is 12.2 Å². The lowest BCUT2D eigenvalue weighted by atomic mass is 9.87. The molecule has 1 amide bonds. The Morgan fingerprint density at radius 3 is 2.16 bits per heavy atom. The molecular formula is C17H32N2O5S. The lowest BCUT2D eigenvalue weighted by Gasteiger charge is -2.35. The Kier molecular flexibility index (Phi) is 8.34. The van der Waals surface area contributed by atoms with E-state index >= 15 is 0 Å². The maximum absolute atomic E-state index is 12.6. The van der Waals surface area contributed by atoms with Crippen molar-refractivity contribution in [2.75, 3.05) is 18.8 Å². The summed E-state index contributed by atoms with van der Waals surface area (Å²) in [6, 6.07) is 0. The van der Waals surface area contributed by atoms with E-state index in [2.05, 4.69) is 5.32 Å². The Morgan fingerprint density at radius 1 is 1.16 bits per heavy atom. The van der Waals surface area contributed by atoms with Crippen molar-refractivity contribution in [3.05, 3.63) is 0 Å². The average Bonchev–Trinajstić information content (AvgIpc) is 2.59. The zero-order valence-electron chi connectivity index (χ0n) is 15.6. The quantitative estimate of drug-likeness (QED) is 0.607. The van der Waals surface area contributed by atoms with Crippen LogP contribution in [0.5, 0.6) is 0 Å². The van der Waals surface area contributed by atoms with Gasteiger partial charge in [-0.05, 0) is 32.1 Å². The van der Waals surface area contributed by atoms with Crippen molar-refractivity contribution < 1.29 is 23.1 Å². The van der Waals surface area contributed by atoms with Crippen molar-refractivity contribution in [1.29, 1.82) is 0 Å². The minimum Gasteiger partial charge on any atom is -0.481 e. The summed E-state index contributed by atoms with van der Waals surface area (Å²) in [5.74, 6) is -1.19. The number of nitrogens with one attached hydrogen (secondary N) is 1. The van der Waals surface area contributed by atoms with E-state index in [9.17, 15) is 18.0 Å². The molecule has 0 aromatic heterocycles. The van der Waals surface area contributed by atoms with Crippen molar-refractivity contribution in [2.24, 2.45) is 5.92 Å². The predicted octanol–water partition coefficient (Wildman–Crippen LogP) is 1.98. The zero-order valence-corrected chi connectivity index (χ0v) is 16.4. The Hall–Kier alpha value is -1.15. The first-order chi connectivity index (χ1) is 11.7. The highest BCUT2D eigenvalue weighted by atomic mass is 32.2. The monoisotopic (exact) mass is 376 g/mol. The van der Waals surface area contributed by atoms with Crippen molar-refractivity contribution in [1.82, 2.24) is 9.62 Å². The van der Waals surface area contributed by atoms with Crippen molar-refractivity contribution in [3.8, 4) is 0 Å². The molecular weight excluding hydrogens is 344 g/mol. The molecule has 7 nitrogen and oxygen atoms in total. The van der Waals surface area contributed by atoms with Crippen LogP contribution in [0.1, 0.15) is 65.7 Å². The molecule has 0 spiro atoms. The fourth-order valence-corrected chi connectivity index (χ4v) is 4.90. The van der Waals surface area contributed by atoms with E-state index in [-0.39, 0.29) is 24.0 Å². The summed E-state index contributed by atoms with van der Waals surface area (Å²) >= 11 is 0. The summed E-state index contributed by atoms with van der Waals surface area (Å²) in [5, 5.41) is 12.0. The Bertz CT molecular complexity index is 549. The van der Waals surface area contributed by atoms with Crippen LogP contribution in [0.15, 0.2) is 0 Å². The van der Waals surface area contributed by atoms with Gasteiger partial charge in [-0.25, -0.2) is 12.7 Å². The Balaban J connectivity index is 2.64. The third kappa shape index (κ3) is 6.26. The number of rotatable bonds is 10. The summed E-state index contributed by atoms with van der Waals surface area (Å²) in [7, 11) is -3.23. The summed E-state index contributed by atoms with van der Waals surface area (Å²) in [6.45, 7) is 6.41. The molecule has 0 aliphatic carbocycles. The molecule has 0 aromatic rings. The molecule has 0 unspecified atom stereocenters. The van der Waals surface area contributed by atoms with Crippen LogP contribution in [-0.4, -0.2) is 54.1 Å². The third-order valence-corrected chi connectivity index (χ3v) is 7.16. The summed E-state index contributed by atoms with van der Waals surface area (Å²) < 4.78 is 25.9. The molecule has 1 rings (SSSR count). The molecule has 1 aliphatic rings. The summed E-state index contributed by atoms with van der Waals surface area (Å²) in [5.41, 5.74) is -0.729. The van der Waals surface area contributed by atoms with Gasteiger partial charge in [-0.1, -0.05) is 27.2 Å². The maximum Gasteiger partial charge on any atom is 0.305 e. The Labute approximate surface area is 151 Å². The van der Waals surface area contributed by atoms with Crippen LogP contribution in [0, 0.1) is 5.92 Å². The van der Waals surface area contributed by atoms with Gasteiger partial charge in [0.15, 0.2) is 0 Å². The van der Waals surface area contributed by atoms with Crippen LogP contribution in [0.4, 0.5) is 0 Å². The number of aliphatic carboxylic acids is 1. The second-order valence-electron chi connectivity index (χ2n) is 6.89. The predicted molar refractivity (Wildman–Crippen MR) is 96.7 cm³/mol. The Morgan fingerprint density at radius 2 is 1.72 bits per heavy atom. The minimum atomic E-state index is -3.23. The molecule has 146 valence electrons. The van der Waals surface area contributed by atoms with Crippen molar-refractivity contribution in [2.45, 2.75) is 71.3 Å². The van der Waals surface area contributed by atoms with E-state index in [0.29, 0.717) is 45.2 Å². The van der Waals surface area contributed by atoms with E-state index in [4.69, 9.17) is 5.11 Å². The van der Waals surface area contributed by atoms with Gasteiger partial charge in [0.25, 0.3) is 0 Å². The van der Waals surface area contributed by atoms with Crippen molar-refractivity contribution in [3.63, 3.8) is 0 Å². The molecule has 1 fully saturated rings. The van der Waals surface area contributed by atoms with Crippen LogP contribution in [0.3, 0.4) is 0 Å². The molecule has 1 aliphatic heterocycles. The lowest BCUT2D eigenvalue weighted by molar-refractivity contribution is -0.139. The number of hydrogen-bond acceptors (Lipinski definition) is 4. The number of carbonyl (C=O) groups is 2. The van der Waals surface area contributed by atoms with Crippen LogP contribution in [0.2, 0.25) is 0 Å². The van der Waals surface area contributed by atoms with Gasteiger partial charge < -0.3 is 10.4 Å².